The zero-order valence-electron chi connectivity index (χ0n) is 27.5. The van der Waals surface area contributed by atoms with Crippen LogP contribution in [0.4, 0.5) is 0 Å². The van der Waals surface area contributed by atoms with E-state index in [0.29, 0.717) is 40.7 Å². The SMILES string of the molecule is CC1=C(CCC(=O)O)C2=NC/1=C\c1[nH]c(c(CCC(=O)O)c1C)CC1N=C(/C=c3\[nH]/c(c(CCC(=O)O)c3C)=C\2)C(CCC(=O)O)=C1C. The summed E-state index contributed by atoms with van der Waals surface area (Å²) >= 11 is 0. The summed E-state index contributed by atoms with van der Waals surface area (Å²) in [5.41, 5.74) is 10.2. The molecule has 0 aromatic carbocycles. The van der Waals surface area contributed by atoms with Crippen LogP contribution in [0.5, 0.6) is 0 Å². The number of fused-ring (bicyclic) bond motifs is 6. The normalized spacial score (nSPS) is 19.6. The lowest BCUT2D eigenvalue weighted by molar-refractivity contribution is -0.138. The molecule has 12 nitrogen and oxygen atoms in total. The molecule has 2 aromatic rings. The Morgan fingerprint density at radius 3 is 1.88 bits per heavy atom. The van der Waals surface area contributed by atoms with Gasteiger partial charge in [0.1, 0.15) is 0 Å². The van der Waals surface area contributed by atoms with Crippen molar-refractivity contribution in [3.8, 4) is 0 Å². The van der Waals surface area contributed by atoms with E-state index >= 15 is 0 Å². The van der Waals surface area contributed by atoms with Gasteiger partial charge in [-0.15, -0.1) is 0 Å². The van der Waals surface area contributed by atoms with Gasteiger partial charge in [-0.1, -0.05) is 0 Å². The number of aromatic nitrogens is 2. The third kappa shape index (κ3) is 7.17. The average Bonchev–Trinajstić information content (AvgIpc) is 3.66. The number of nitrogens with one attached hydrogen (secondary N) is 2. The second-order valence-corrected chi connectivity index (χ2v) is 12.6. The first-order chi connectivity index (χ1) is 22.7. The Morgan fingerprint density at radius 1 is 0.688 bits per heavy atom. The Bertz CT molecular complexity index is 2010. The van der Waals surface area contributed by atoms with Crippen LogP contribution in [0.1, 0.15) is 86.0 Å². The van der Waals surface area contributed by atoms with Gasteiger partial charge in [0.15, 0.2) is 0 Å². The number of carboxylic acid groups (broad SMARTS) is 4. The van der Waals surface area contributed by atoms with E-state index in [4.69, 9.17) is 9.98 Å². The number of allylic oxidation sites excluding steroid dienone is 3. The third-order valence-electron chi connectivity index (χ3n) is 9.52. The fraction of sp³-hybridized carbons (Fsp3) is 0.389. The van der Waals surface area contributed by atoms with Crippen LogP contribution in [0.15, 0.2) is 38.0 Å². The van der Waals surface area contributed by atoms with E-state index in [1.165, 1.54) is 0 Å². The molecule has 5 rings (SSSR count). The summed E-state index contributed by atoms with van der Waals surface area (Å²) in [6, 6.07) is -0.316. The molecule has 48 heavy (non-hydrogen) atoms. The van der Waals surface area contributed by atoms with E-state index < -0.39 is 23.9 Å². The minimum absolute atomic E-state index is 0.0543. The molecular weight excluding hydrogens is 616 g/mol. The number of carboxylic acids is 4. The van der Waals surface area contributed by atoms with Gasteiger partial charge in [0.2, 0.25) is 0 Å². The molecule has 0 amide bonds. The standard InChI is InChI=1S/C36H40N4O8/c1-17-21(5-9-33(41)42)29-14-27-19(3)22(6-10-34(43)44)30(39-27)15-28-20(4)24(8-12-36(47)48)32(40-28)16-31-23(7-11-35(45)46)18(2)26(38-31)13-25(17)37-29/h13,15-16,27,37,40H,5-12,14H2,1-4H3,(H,41,42)(H,43,44)(H,45,46)(H,47,48)/b26-13-,28-15-,32-16-. The molecule has 8 bridgehead atoms. The minimum atomic E-state index is -0.939. The number of aliphatic imine (C=N–C) groups is 2. The van der Waals surface area contributed by atoms with Crippen LogP contribution in [-0.2, 0) is 38.4 Å². The molecule has 252 valence electrons. The summed E-state index contributed by atoms with van der Waals surface area (Å²) in [6.07, 6.45) is 6.82. The number of aliphatic carboxylic acids is 4. The molecule has 0 radical (unpaired) electrons. The van der Waals surface area contributed by atoms with E-state index in [-0.39, 0.29) is 51.0 Å². The van der Waals surface area contributed by atoms with Gasteiger partial charge >= 0.3 is 23.9 Å². The number of rotatable bonds is 12. The van der Waals surface area contributed by atoms with Crippen molar-refractivity contribution in [2.24, 2.45) is 9.98 Å². The number of aromatic amines is 2. The molecule has 1 unspecified atom stereocenters. The highest BCUT2D eigenvalue weighted by Crippen LogP contribution is 2.34. The van der Waals surface area contributed by atoms with Crippen molar-refractivity contribution in [3.63, 3.8) is 0 Å². The highest BCUT2D eigenvalue weighted by molar-refractivity contribution is 6.24. The highest BCUT2D eigenvalue weighted by Gasteiger charge is 2.28. The molecule has 3 aliphatic heterocycles. The molecule has 0 saturated heterocycles. The lowest BCUT2D eigenvalue weighted by atomic mass is 9.94. The Labute approximate surface area is 276 Å². The molecule has 3 aliphatic rings. The van der Waals surface area contributed by atoms with Gasteiger partial charge in [0.05, 0.1) is 23.2 Å². The minimum Gasteiger partial charge on any atom is -0.481 e. The Morgan fingerprint density at radius 2 is 1.25 bits per heavy atom. The maximum Gasteiger partial charge on any atom is 0.303 e. The monoisotopic (exact) mass is 656 g/mol. The van der Waals surface area contributed by atoms with E-state index in [1.807, 2.05) is 45.9 Å². The van der Waals surface area contributed by atoms with Gasteiger partial charge in [0.25, 0.3) is 0 Å². The summed E-state index contributed by atoms with van der Waals surface area (Å²) in [7, 11) is 0. The Kier molecular flexibility index (Phi) is 9.83. The quantitative estimate of drug-likeness (QED) is 0.198. The van der Waals surface area contributed by atoms with Gasteiger partial charge in [-0.05, 0) is 116 Å². The summed E-state index contributed by atoms with van der Waals surface area (Å²) in [4.78, 5) is 63.4. The van der Waals surface area contributed by atoms with Crippen LogP contribution < -0.4 is 10.7 Å². The molecule has 0 fully saturated rings. The molecular formula is C36H40N4O8. The predicted octanol–water partition coefficient (Wildman–Crippen LogP) is 3.79. The van der Waals surface area contributed by atoms with Gasteiger partial charge in [-0.2, -0.15) is 0 Å². The summed E-state index contributed by atoms with van der Waals surface area (Å²) < 4.78 is 0. The molecule has 12 heteroatoms. The first-order valence-corrected chi connectivity index (χ1v) is 16.0. The van der Waals surface area contributed by atoms with Crippen molar-refractivity contribution >= 4 is 53.5 Å². The van der Waals surface area contributed by atoms with Crippen molar-refractivity contribution in [1.82, 2.24) is 9.97 Å². The van der Waals surface area contributed by atoms with Crippen LogP contribution in [0.3, 0.4) is 0 Å². The topological polar surface area (TPSA) is 205 Å². The lowest BCUT2D eigenvalue weighted by Gasteiger charge is -2.11. The Balaban J connectivity index is 1.79. The summed E-state index contributed by atoms with van der Waals surface area (Å²) in [5.74, 6) is -3.71. The first-order valence-electron chi connectivity index (χ1n) is 16.0. The molecule has 5 heterocycles. The van der Waals surface area contributed by atoms with E-state index in [9.17, 15) is 39.6 Å². The van der Waals surface area contributed by atoms with Gasteiger partial charge in [0, 0.05) is 54.2 Å². The second kappa shape index (κ2) is 13.8. The number of nitrogens with zero attached hydrogens (tertiary/aromatic N) is 2. The Hall–Kier alpha value is -5.26. The zero-order valence-corrected chi connectivity index (χ0v) is 27.5. The molecule has 0 saturated carbocycles. The first kappa shape index (κ1) is 34.1. The predicted molar refractivity (Wildman–Crippen MR) is 181 cm³/mol. The van der Waals surface area contributed by atoms with Crippen LogP contribution in [0, 0.1) is 13.8 Å². The van der Waals surface area contributed by atoms with Crippen molar-refractivity contribution in [1.29, 1.82) is 0 Å². The number of hydrogen-bond donors (Lipinski definition) is 6. The maximum absolute atomic E-state index is 11.6. The van der Waals surface area contributed by atoms with Crippen LogP contribution in [0.25, 0.3) is 18.2 Å². The maximum atomic E-state index is 11.6. The van der Waals surface area contributed by atoms with Crippen molar-refractivity contribution < 1.29 is 39.6 Å². The summed E-state index contributed by atoms with van der Waals surface area (Å²) in [6.45, 7) is 7.69. The van der Waals surface area contributed by atoms with Crippen LogP contribution in [-0.4, -0.2) is 71.7 Å². The van der Waals surface area contributed by atoms with E-state index in [2.05, 4.69) is 9.97 Å². The fourth-order valence-corrected chi connectivity index (χ4v) is 6.77. The molecule has 1 atom stereocenters. The summed E-state index contributed by atoms with van der Waals surface area (Å²) in [5, 5.41) is 39.4. The average molecular weight is 657 g/mol. The fourth-order valence-electron chi connectivity index (χ4n) is 6.77. The van der Waals surface area contributed by atoms with Gasteiger partial charge in [-0.25, -0.2) is 4.99 Å². The number of H-pyrrole nitrogens is 2. The second-order valence-electron chi connectivity index (χ2n) is 12.6. The molecule has 0 aliphatic carbocycles. The van der Waals surface area contributed by atoms with Crippen molar-refractivity contribution in [2.45, 2.75) is 91.5 Å². The molecule has 0 spiro atoms. The van der Waals surface area contributed by atoms with E-state index in [0.717, 1.165) is 55.9 Å². The van der Waals surface area contributed by atoms with Crippen LogP contribution >= 0.6 is 0 Å². The van der Waals surface area contributed by atoms with Gasteiger partial charge < -0.3 is 30.4 Å². The van der Waals surface area contributed by atoms with Gasteiger partial charge in [-0.3, -0.25) is 24.2 Å². The van der Waals surface area contributed by atoms with Crippen LogP contribution in [0.2, 0.25) is 0 Å². The van der Waals surface area contributed by atoms with E-state index in [1.54, 1.807) is 0 Å². The third-order valence-corrected chi connectivity index (χ3v) is 9.52. The smallest absolute Gasteiger partial charge is 0.303 e. The molecule has 2 aromatic heterocycles. The molecule has 6 N–H and O–H groups in total. The van der Waals surface area contributed by atoms with Crippen molar-refractivity contribution in [2.75, 3.05) is 0 Å². The largest absolute Gasteiger partial charge is 0.481 e. The number of carbonyl (C=O) groups is 4. The highest BCUT2D eigenvalue weighted by atomic mass is 16.4. The van der Waals surface area contributed by atoms with Crippen molar-refractivity contribution in [3.05, 3.63) is 72.3 Å². The number of hydrogen-bond acceptors (Lipinski definition) is 6. The lowest BCUT2D eigenvalue weighted by Crippen LogP contribution is -2.17. The zero-order chi connectivity index (χ0) is 34.9.